The predicted molar refractivity (Wildman–Crippen MR) is 444 cm³/mol. The molecule has 494 valence electrons. The summed E-state index contributed by atoms with van der Waals surface area (Å²) in [4.78, 5) is 5.45. The number of hydrogen-bond donors (Lipinski definition) is 0. The fourth-order valence-electron chi connectivity index (χ4n) is 16.6. The molecule has 2 aliphatic heterocycles. The fraction of sp³-hybridized carbons (Fsp3) is 0.120. The molecule has 0 fully saturated rings. The highest BCUT2D eigenvalue weighted by Crippen LogP contribution is 2.56. The van der Waals surface area contributed by atoms with Crippen molar-refractivity contribution >= 4 is 89.5 Å². The van der Waals surface area contributed by atoms with Gasteiger partial charge in [0.15, 0.2) is 0 Å². The molecule has 0 spiro atoms. The van der Waals surface area contributed by atoms with Crippen LogP contribution in [0.5, 0.6) is 0 Å². The van der Waals surface area contributed by atoms with Crippen molar-refractivity contribution in [1.82, 2.24) is 0 Å². The summed E-state index contributed by atoms with van der Waals surface area (Å²) >= 11 is 0. The Balaban J connectivity index is 1.03. The Kier molecular flexibility index (Phi) is 15.1. The van der Waals surface area contributed by atoms with Crippen LogP contribution in [0.3, 0.4) is 0 Å². The Morgan fingerprint density at radius 1 is 0.223 bits per heavy atom. The van der Waals surface area contributed by atoms with Crippen molar-refractivity contribution in [2.75, 3.05) is 9.80 Å². The lowest BCUT2D eigenvalue weighted by molar-refractivity contribution is 0.590. The Labute approximate surface area is 607 Å². The fourth-order valence-corrected chi connectivity index (χ4v) is 16.6. The summed E-state index contributed by atoms with van der Waals surface area (Å²) in [7, 11) is 0. The Bertz CT molecular complexity index is 5820. The van der Waals surface area contributed by atoms with Gasteiger partial charge in [-0.15, -0.1) is 0 Å². The number of anilines is 6. The van der Waals surface area contributed by atoms with Crippen LogP contribution in [0, 0.1) is 0 Å². The van der Waals surface area contributed by atoms with Crippen LogP contribution < -0.4 is 26.2 Å². The smallest absolute Gasteiger partial charge is 0.252 e. The van der Waals surface area contributed by atoms with Crippen LogP contribution in [0.1, 0.15) is 79.0 Å². The summed E-state index contributed by atoms with van der Waals surface area (Å²) in [6.07, 6.45) is 0. The van der Waals surface area contributed by atoms with E-state index in [1.807, 2.05) is 0 Å². The highest BCUT2D eigenvalue weighted by atomic mass is 15.2. The maximum atomic E-state index is 2.75. The average molecular weight is 1320 g/mol. The zero-order valence-electron chi connectivity index (χ0n) is 60.1. The predicted octanol–water partition coefficient (Wildman–Crippen LogP) is 25.9. The molecule has 2 nitrogen and oxygen atoms in total. The van der Waals surface area contributed by atoms with Gasteiger partial charge in [-0.2, -0.15) is 0 Å². The SMILES string of the molecule is CC(C)(C)c1cc2c3c(c1)N(c1c(-c4ccccc4)cc(-c4ccccc4)cc1-c1ccccc1)c1cc(-c4cc5cc(C(C)(C)C)cc6ccc7cc(C(C)(C)C)cc4c7c65)ccc1B3c1cc(-c3ccccc3)ccc1N2c1c(-c2ccccc2)cc(-c2ccccc2)cc1-c1ccccc1. The van der Waals surface area contributed by atoms with Crippen molar-refractivity contribution in [3.63, 3.8) is 0 Å². The average Bonchev–Trinajstić information content (AvgIpc) is 0.687. The highest BCUT2D eigenvalue weighted by molar-refractivity contribution is 7.00. The maximum Gasteiger partial charge on any atom is 0.252 e. The molecule has 0 saturated carbocycles. The second-order valence-electron chi connectivity index (χ2n) is 31.6. The molecule has 103 heavy (non-hydrogen) atoms. The Morgan fingerprint density at radius 2 is 0.583 bits per heavy atom. The normalized spacial score (nSPS) is 12.8. The van der Waals surface area contributed by atoms with Crippen LogP contribution in [0.4, 0.5) is 34.1 Å². The van der Waals surface area contributed by atoms with Crippen molar-refractivity contribution in [3.05, 3.63) is 344 Å². The quantitative estimate of drug-likeness (QED) is 0.0995. The molecule has 3 heteroatoms. The van der Waals surface area contributed by atoms with Gasteiger partial charge in [-0.05, 0) is 209 Å². The molecule has 0 amide bonds. The third-order valence-electron chi connectivity index (χ3n) is 22.0. The molecule has 2 heterocycles. The minimum atomic E-state index is -0.321. The number of hydrogen-bond acceptors (Lipinski definition) is 2. The lowest BCUT2D eigenvalue weighted by atomic mass is 9.33. The van der Waals surface area contributed by atoms with Crippen LogP contribution in [-0.4, -0.2) is 6.71 Å². The largest absolute Gasteiger partial charge is 0.310 e. The number of benzene rings is 16. The van der Waals surface area contributed by atoms with Crippen LogP contribution in [0.25, 0.3) is 121 Å². The van der Waals surface area contributed by atoms with E-state index >= 15 is 0 Å². The van der Waals surface area contributed by atoms with E-state index in [1.165, 1.54) is 93.2 Å². The third-order valence-corrected chi connectivity index (χ3v) is 22.0. The first kappa shape index (κ1) is 63.4. The highest BCUT2D eigenvalue weighted by Gasteiger charge is 2.46. The second-order valence-corrected chi connectivity index (χ2v) is 31.6. The van der Waals surface area contributed by atoms with Crippen LogP contribution >= 0.6 is 0 Å². The lowest BCUT2D eigenvalue weighted by Crippen LogP contribution is -2.61. The van der Waals surface area contributed by atoms with Gasteiger partial charge >= 0.3 is 0 Å². The molecular formula is C100H81BN2. The first-order valence-electron chi connectivity index (χ1n) is 36.6. The van der Waals surface area contributed by atoms with E-state index in [1.54, 1.807) is 0 Å². The van der Waals surface area contributed by atoms with Crippen molar-refractivity contribution in [2.24, 2.45) is 0 Å². The molecule has 0 saturated heterocycles. The molecule has 2 aliphatic rings. The van der Waals surface area contributed by atoms with Crippen LogP contribution in [0.15, 0.2) is 328 Å². The van der Waals surface area contributed by atoms with Crippen LogP contribution in [-0.2, 0) is 16.2 Å². The zero-order valence-corrected chi connectivity index (χ0v) is 60.1. The molecule has 0 aromatic heterocycles. The van der Waals surface area contributed by atoms with Crippen molar-refractivity contribution in [1.29, 1.82) is 0 Å². The molecule has 0 aliphatic carbocycles. The molecule has 0 bridgehead atoms. The number of rotatable bonds is 10. The Hall–Kier alpha value is -11.8. The number of nitrogens with zero attached hydrogens (tertiary/aromatic N) is 2. The monoisotopic (exact) mass is 1320 g/mol. The molecule has 0 unspecified atom stereocenters. The van der Waals surface area contributed by atoms with Gasteiger partial charge in [0, 0.05) is 45.0 Å². The van der Waals surface area contributed by atoms with E-state index in [4.69, 9.17) is 0 Å². The third kappa shape index (κ3) is 11.0. The molecule has 0 N–H and O–H groups in total. The summed E-state index contributed by atoms with van der Waals surface area (Å²) in [5.74, 6) is 0. The van der Waals surface area contributed by atoms with E-state index in [0.717, 1.165) is 95.3 Å². The van der Waals surface area contributed by atoms with E-state index in [0.29, 0.717) is 0 Å². The zero-order chi connectivity index (χ0) is 70.0. The van der Waals surface area contributed by atoms with Gasteiger partial charge in [0.05, 0.1) is 11.4 Å². The van der Waals surface area contributed by atoms with Gasteiger partial charge in [0.1, 0.15) is 0 Å². The van der Waals surface area contributed by atoms with E-state index in [-0.39, 0.29) is 23.0 Å². The van der Waals surface area contributed by atoms with Gasteiger partial charge in [0.2, 0.25) is 0 Å². The van der Waals surface area contributed by atoms with E-state index < -0.39 is 0 Å². The van der Waals surface area contributed by atoms with Gasteiger partial charge < -0.3 is 9.80 Å². The topological polar surface area (TPSA) is 6.48 Å². The minimum Gasteiger partial charge on any atom is -0.310 e. The summed E-state index contributed by atoms with van der Waals surface area (Å²) in [6.45, 7) is 21.1. The molecular weight excluding hydrogens is 1240 g/mol. The van der Waals surface area contributed by atoms with Crippen molar-refractivity contribution < 1.29 is 0 Å². The number of fused-ring (bicyclic) bond motifs is 4. The molecule has 16 aromatic rings. The molecule has 16 aromatic carbocycles. The van der Waals surface area contributed by atoms with Crippen molar-refractivity contribution in [3.8, 4) is 89.0 Å². The van der Waals surface area contributed by atoms with Gasteiger partial charge in [-0.25, -0.2) is 0 Å². The molecule has 0 atom stereocenters. The molecule has 0 radical (unpaired) electrons. The molecule has 18 rings (SSSR count). The Morgan fingerprint density at radius 3 is 1.01 bits per heavy atom. The first-order valence-corrected chi connectivity index (χ1v) is 36.6. The van der Waals surface area contributed by atoms with Gasteiger partial charge in [-0.1, -0.05) is 329 Å². The summed E-state index contributed by atoms with van der Waals surface area (Å²) < 4.78 is 0. The first-order chi connectivity index (χ1) is 50.0. The van der Waals surface area contributed by atoms with E-state index in [9.17, 15) is 0 Å². The van der Waals surface area contributed by atoms with Crippen LogP contribution in [0.2, 0.25) is 0 Å². The van der Waals surface area contributed by atoms with Crippen molar-refractivity contribution in [2.45, 2.75) is 78.6 Å². The van der Waals surface area contributed by atoms with Gasteiger partial charge in [-0.3, -0.25) is 0 Å². The lowest BCUT2D eigenvalue weighted by Gasteiger charge is -2.46. The summed E-state index contributed by atoms with van der Waals surface area (Å²) in [6, 6.07) is 125. The van der Waals surface area contributed by atoms with Gasteiger partial charge in [0.25, 0.3) is 6.71 Å². The summed E-state index contributed by atoms with van der Waals surface area (Å²) in [5, 5.41) is 7.76. The maximum absolute atomic E-state index is 2.75. The van der Waals surface area contributed by atoms with E-state index in [2.05, 4.69) is 400 Å². The minimum absolute atomic E-state index is 0.0679. The standard InChI is InChI=1S/C100H81BN2/c1-98(2,3)78-51-73-45-46-74-52-79(99(4,5)6)61-86-81(58-77(53-78)93(73)94(74)86)72-47-49-87-90(60-72)103(97-84(69-41-27-15-28-42-69)56-76(66-35-21-12-22-36-66)57-85(97)70-43-29-16-30-44-70)92-63-80(100(7,8)9)62-91-95(92)101(87)88-59-71(64-31-17-10-18-32-64)48-50-89(88)102(91)96-82(67-37-23-13-24-38-67)54-75(65-33-19-11-20-34-65)55-83(96)68-39-25-14-26-40-68/h10-63H,1-9H3. The summed E-state index contributed by atoms with van der Waals surface area (Å²) in [5.41, 5.74) is 32.6. The second kappa shape index (κ2) is 24.5.